The van der Waals surface area contributed by atoms with Crippen LogP contribution in [0.3, 0.4) is 0 Å². The Morgan fingerprint density at radius 1 is 1.13 bits per heavy atom. The van der Waals surface area contributed by atoms with Gasteiger partial charge >= 0.3 is 6.03 Å². The second-order valence-electron chi connectivity index (χ2n) is 10.1. The largest absolute Gasteiger partial charge is 0.383 e. The lowest BCUT2D eigenvalue weighted by Crippen LogP contribution is -2.42. The van der Waals surface area contributed by atoms with Crippen molar-refractivity contribution in [3.8, 4) is 5.69 Å². The van der Waals surface area contributed by atoms with Gasteiger partial charge in [-0.05, 0) is 71.7 Å². The van der Waals surface area contributed by atoms with Gasteiger partial charge in [-0.15, -0.1) is 0 Å². The van der Waals surface area contributed by atoms with Crippen molar-refractivity contribution in [3.05, 3.63) is 75.9 Å². The van der Waals surface area contributed by atoms with Crippen molar-refractivity contribution in [2.24, 2.45) is 0 Å². The minimum atomic E-state index is -0.896. The number of rotatable bonds is 8. The number of amides is 2. The minimum Gasteiger partial charge on any atom is -0.383 e. The molecule has 39 heavy (non-hydrogen) atoms. The van der Waals surface area contributed by atoms with Crippen molar-refractivity contribution in [1.29, 1.82) is 0 Å². The lowest BCUT2D eigenvalue weighted by Gasteiger charge is -2.21. The van der Waals surface area contributed by atoms with E-state index in [0.29, 0.717) is 37.6 Å². The Bertz CT molecular complexity index is 1280. The summed E-state index contributed by atoms with van der Waals surface area (Å²) in [7, 11) is 1.64. The van der Waals surface area contributed by atoms with Crippen LogP contribution in [0, 0.1) is 11.6 Å². The van der Waals surface area contributed by atoms with Gasteiger partial charge in [-0.25, -0.2) is 18.3 Å². The van der Waals surface area contributed by atoms with E-state index in [4.69, 9.17) is 9.84 Å². The number of carbonyl (C=O) groups is 1. The molecule has 2 amide bonds. The number of likely N-dealkylation sites (tertiary alicyclic amines) is 1. The van der Waals surface area contributed by atoms with E-state index >= 15 is 0 Å². The Hall–Kier alpha value is -2.86. The zero-order valence-electron chi connectivity index (χ0n) is 21.8. The molecule has 0 radical (unpaired) electrons. The zero-order chi connectivity index (χ0) is 27.4. The molecule has 2 aliphatic rings. The fourth-order valence-corrected chi connectivity index (χ4v) is 6.13. The number of methoxy groups -OCH3 is 1. The van der Waals surface area contributed by atoms with E-state index in [1.807, 2.05) is 30.3 Å². The van der Waals surface area contributed by atoms with Crippen LogP contribution in [-0.2, 0) is 4.74 Å². The monoisotopic (exact) mass is 602 g/mol. The van der Waals surface area contributed by atoms with Gasteiger partial charge in [-0.2, -0.15) is 5.10 Å². The molecule has 2 aliphatic heterocycles. The summed E-state index contributed by atoms with van der Waals surface area (Å²) in [5.41, 5.74) is 2.39. The predicted molar refractivity (Wildman–Crippen MR) is 149 cm³/mol. The zero-order valence-corrected chi connectivity index (χ0v) is 23.4. The molecule has 3 N–H and O–H groups in total. The molecule has 5 rings (SSSR count). The van der Waals surface area contributed by atoms with Gasteiger partial charge in [0.15, 0.2) is 17.5 Å². The van der Waals surface area contributed by atoms with E-state index in [0.717, 1.165) is 47.9 Å². The highest BCUT2D eigenvalue weighted by atomic mass is 79.9. The Kier molecular flexibility index (Phi) is 8.91. The van der Waals surface area contributed by atoms with E-state index in [1.54, 1.807) is 17.9 Å². The topological polar surface area (TPSA) is 83.4 Å². The molecule has 3 aromatic rings. The van der Waals surface area contributed by atoms with Crippen molar-refractivity contribution >= 4 is 27.8 Å². The third-order valence-electron chi connectivity index (χ3n) is 7.51. The molecule has 3 heterocycles. The van der Waals surface area contributed by atoms with Gasteiger partial charge < -0.3 is 15.4 Å². The maximum atomic E-state index is 14.1. The van der Waals surface area contributed by atoms with Crippen molar-refractivity contribution in [2.45, 2.75) is 30.7 Å². The van der Waals surface area contributed by atoms with Crippen LogP contribution in [0.5, 0.6) is 0 Å². The van der Waals surface area contributed by atoms with Gasteiger partial charge in [0.1, 0.15) is 0 Å². The molecule has 1 aromatic heterocycles. The molecule has 0 bridgehead atoms. The van der Waals surface area contributed by atoms with Gasteiger partial charge in [-0.3, -0.25) is 10.2 Å². The number of hydrogen-bond acceptors (Lipinski definition) is 5. The fraction of sp³-hybridized carbons (Fsp3) is 0.429. The number of aromatic nitrogens is 2. The molecule has 2 atom stereocenters. The predicted octanol–water partition coefficient (Wildman–Crippen LogP) is 4.62. The molecule has 2 unspecified atom stereocenters. The van der Waals surface area contributed by atoms with Gasteiger partial charge in [-0.1, -0.05) is 24.3 Å². The van der Waals surface area contributed by atoms with Crippen LogP contribution >= 0.6 is 15.9 Å². The molecular weight excluding hydrogens is 570 g/mol. The second-order valence-corrected chi connectivity index (χ2v) is 10.8. The highest BCUT2D eigenvalue weighted by Crippen LogP contribution is 2.37. The number of carbonyl (C=O) groups excluding carboxylic acids is 1. The second kappa shape index (κ2) is 12.5. The van der Waals surface area contributed by atoms with Crippen LogP contribution in [0.25, 0.3) is 5.69 Å². The van der Waals surface area contributed by atoms with E-state index in [2.05, 4.69) is 36.8 Å². The summed E-state index contributed by atoms with van der Waals surface area (Å²) in [6, 6.07) is 12.9. The summed E-state index contributed by atoms with van der Waals surface area (Å²) < 4.78 is 35.5. The lowest BCUT2D eigenvalue weighted by atomic mass is 9.94. The van der Waals surface area contributed by atoms with E-state index in [-0.39, 0.29) is 17.9 Å². The summed E-state index contributed by atoms with van der Waals surface area (Å²) in [6.07, 6.45) is 1.93. The van der Waals surface area contributed by atoms with Gasteiger partial charge in [0.2, 0.25) is 0 Å². The van der Waals surface area contributed by atoms with Crippen LogP contribution in [-0.4, -0.2) is 73.2 Å². The van der Waals surface area contributed by atoms with E-state index in [9.17, 15) is 13.6 Å². The normalized spacial score (nSPS) is 20.3. The molecule has 11 heteroatoms. The molecule has 2 saturated heterocycles. The molecule has 2 aromatic carbocycles. The molecule has 0 saturated carbocycles. The van der Waals surface area contributed by atoms with Gasteiger partial charge in [0.25, 0.3) is 0 Å². The summed E-state index contributed by atoms with van der Waals surface area (Å²) >= 11 is 3.73. The summed E-state index contributed by atoms with van der Waals surface area (Å²) in [4.78, 5) is 15.6. The smallest absolute Gasteiger partial charge is 0.320 e. The third kappa shape index (κ3) is 6.32. The minimum absolute atomic E-state index is 0.213. The third-order valence-corrected chi connectivity index (χ3v) is 8.29. The van der Waals surface area contributed by atoms with Crippen LogP contribution in [0.4, 0.5) is 19.4 Å². The van der Waals surface area contributed by atoms with Crippen molar-refractivity contribution in [1.82, 2.24) is 25.3 Å². The number of anilines is 1. The Morgan fingerprint density at radius 2 is 1.90 bits per heavy atom. The number of nitrogens with one attached hydrogen (secondary N) is 3. The van der Waals surface area contributed by atoms with Crippen LogP contribution in [0.2, 0.25) is 0 Å². The number of benzene rings is 2. The number of hydrogen-bond donors (Lipinski definition) is 3. The maximum absolute atomic E-state index is 14.1. The molecular formula is C28H33BrF2N6O2. The first kappa shape index (κ1) is 27.7. The van der Waals surface area contributed by atoms with E-state index < -0.39 is 17.7 Å². The standard InChI is InChI=1S/C28H33BrF2N6O2/c1-39-14-13-36-16-21(19-7-8-22(30)23(31)15-19)24(17-36)33-28(38)34-27-25(29)26(18-9-11-32-12-10-18)35-37(27)20-5-3-2-4-6-20/h2-8,15,18,21,24,32H,9-14,16-17H2,1H3,(H2,33,34,38). The molecule has 2 fully saturated rings. The van der Waals surface area contributed by atoms with Gasteiger partial charge in [0.05, 0.1) is 28.5 Å². The Labute approximate surface area is 235 Å². The Balaban J connectivity index is 1.39. The SMILES string of the molecule is COCCN1CC(NC(=O)Nc2c(Br)c(C3CCNCC3)nn2-c2ccccc2)C(c2ccc(F)c(F)c2)C1. The summed E-state index contributed by atoms with van der Waals surface area (Å²) in [6.45, 7) is 4.19. The van der Waals surface area contributed by atoms with Crippen molar-refractivity contribution in [3.63, 3.8) is 0 Å². The Morgan fingerprint density at radius 3 is 2.62 bits per heavy atom. The molecule has 8 nitrogen and oxygen atoms in total. The number of halogens is 3. The van der Waals surface area contributed by atoms with Gasteiger partial charge in [0, 0.05) is 38.6 Å². The van der Waals surface area contributed by atoms with Crippen LogP contribution < -0.4 is 16.0 Å². The van der Waals surface area contributed by atoms with Crippen molar-refractivity contribution < 1.29 is 18.3 Å². The number of ether oxygens (including phenoxy) is 1. The number of para-hydroxylation sites is 1. The summed E-state index contributed by atoms with van der Waals surface area (Å²) in [5, 5.41) is 14.4. The number of piperidine rings is 1. The molecule has 208 valence electrons. The summed E-state index contributed by atoms with van der Waals surface area (Å²) in [5.74, 6) is -1.18. The average Bonchev–Trinajstić information content (AvgIpc) is 3.50. The lowest BCUT2D eigenvalue weighted by molar-refractivity contribution is 0.159. The van der Waals surface area contributed by atoms with E-state index in [1.165, 1.54) is 6.07 Å². The number of urea groups is 1. The quantitative estimate of drug-likeness (QED) is 0.350. The fourth-order valence-electron chi connectivity index (χ4n) is 5.46. The molecule has 0 spiro atoms. The first-order valence-corrected chi connectivity index (χ1v) is 14.0. The van der Waals surface area contributed by atoms with Crippen LogP contribution in [0.15, 0.2) is 53.0 Å². The molecule has 0 aliphatic carbocycles. The van der Waals surface area contributed by atoms with Crippen LogP contribution in [0.1, 0.15) is 35.9 Å². The van der Waals surface area contributed by atoms with Crippen molar-refractivity contribution in [2.75, 3.05) is 51.8 Å². The first-order chi connectivity index (χ1) is 18.9. The highest BCUT2D eigenvalue weighted by molar-refractivity contribution is 9.10. The maximum Gasteiger partial charge on any atom is 0.320 e. The first-order valence-electron chi connectivity index (χ1n) is 13.2. The highest BCUT2D eigenvalue weighted by Gasteiger charge is 2.35. The number of nitrogens with zero attached hydrogens (tertiary/aromatic N) is 3. The average molecular weight is 604 g/mol.